The molecule has 1 saturated heterocycles. The molecule has 0 unspecified atom stereocenters. The summed E-state index contributed by atoms with van der Waals surface area (Å²) in [5.41, 5.74) is 0.546. The Labute approximate surface area is 149 Å². The summed E-state index contributed by atoms with van der Waals surface area (Å²) in [5, 5.41) is 9.45. The first-order valence-corrected chi connectivity index (χ1v) is 9.67. The normalized spacial score (nSPS) is 23.9. The van der Waals surface area contributed by atoms with Gasteiger partial charge in [-0.2, -0.15) is 0 Å². The maximum atomic E-state index is 13.9. The zero-order valence-electron chi connectivity index (χ0n) is 15.0. The summed E-state index contributed by atoms with van der Waals surface area (Å²) in [6, 6.07) is 4.15. The minimum atomic E-state index is -0.531. The van der Waals surface area contributed by atoms with Crippen molar-refractivity contribution in [3.63, 3.8) is 0 Å². The second kappa shape index (κ2) is 9.06. The maximum Gasteiger partial charge on any atom is 0.130 e. The summed E-state index contributed by atoms with van der Waals surface area (Å²) in [6.45, 7) is 4.51. The highest BCUT2D eigenvalue weighted by atomic mass is 19.1. The van der Waals surface area contributed by atoms with Crippen molar-refractivity contribution in [3.05, 3.63) is 35.4 Å². The molecule has 0 spiro atoms. The number of hydrogen-bond donors (Lipinski definition) is 1. The van der Waals surface area contributed by atoms with Crippen molar-refractivity contribution in [1.82, 2.24) is 9.80 Å². The quantitative estimate of drug-likeness (QED) is 0.850. The van der Waals surface area contributed by atoms with Gasteiger partial charge in [0.2, 0.25) is 0 Å². The number of benzene rings is 1. The fourth-order valence-electron chi connectivity index (χ4n) is 4.36. The summed E-state index contributed by atoms with van der Waals surface area (Å²) >= 11 is 0. The van der Waals surface area contributed by atoms with E-state index in [-0.39, 0.29) is 6.61 Å². The standard InChI is InChI=1S/C20H30F2N2O/c21-18-7-6-17(20(22)12-18)14-23-9-10-24(19(15-23)8-11-25)13-16-4-2-1-3-5-16/h6-7,12,16,19,25H,1-5,8-11,13-15H2/t19-/m1/s1. The van der Waals surface area contributed by atoms with Crippen LogP contribution in [0.5, 0.6) is 0 Å². The largest absolute Gasteiger partial charge is 0.396 e. The van der Waals surface area contributed by atoms with Crippen molar-refractivity contribution >= 4 is 0 Å². The number of nitrogens with zero attached hydrogens (tertiary/aromatic N) is 2. The monoisotopic (exact) mass is 352 g/mol. The third-order valence-corrected chi connectivity index (χ3v) is 5.78. The molecule has 3 nitrogen and oxygen atoms in total. The van der Waals surface area contributed by atoms with Crippen LogP contribution in [0.3, 0.4) is 0 Å². The van der Waals surface area contributed by atoms with Gasteiger partial charge in [0.05, 0.1) is 0 Å². The Morgan fingerprint density at radius 3 is 2.60 bits per heavy atom. The molecule has 0 radical (unpaired) electrons. The lowest BCUT2D eigenvalue weighted by Gasteiger charge is -2.43. The molecule has 140 valence electrons. The summed E-state index contributed by atoms with van der Waals surface area (Å²) in [5.74, 6) is -0.212. The van der Waals surface area contributed by atoms with Crippen LogP contribution in [0.2, 0.25) is 0 Å². The summed E-state index contributed by atoms with van der Waals surface area (Å²) in [4.78, 5) is 4.76. The van der Waals surface area contributed by atoms with Crippen LogP contribution in [0, 0.1) is 17.6 Å². The van der Waals surface area contributed by atoms with Gasteiger partial charge in [-0.05, 0) is 31.2 Å². The highest BCUT2D eigenvalue weighted by Crippen LogP contribution is 2.26. The lowest BCUT2D eigenvalue weighted by atomic mass is 9.88. The molecule has 3 rings (SSSR count). The average molecular weight is 352 g/mol. The van der Waals surface area contributed by atoms with E-state index < -0.39 is 11.6 Å². The highest BCUT2D eigenvalue weighted by Gasteiger charge is 2.29. The fraction of sp³-hybridized carbons (Fsp3) is 0.700. The van der Waals surface area contributed by atoms with Gasteiger partial charge in [0.15, 0.2) is 0 Å². The van der Waals surface area contributed by atoms with Crippen LogP contribution in [-0.2, 0) is 6.54 Å². The number of aliphatic hydroxyl groups excluding tert-OH is 1. The van der Waals surface area contributed by atoms with Crippen LogP contribution in [0.15, 0.2) is 18.2 Å². The first kappa shape index (κ1) is 18.7. The minimum absolute atomic E-state index is 0.185. The van der Waals surface area contributed by atoms with E-state index in [0.29, 0.717) is 18.2 Å². The SMILES string of the molecule is OCC[C@@H]1CN(Cc2ccc(F)cc2F)CCN1CC1CCCCC1. The number of rotatable bonds is 6. The highest BCUT2D eigenvalue weighted by molar-refractivity contribution is 5.18. The third kappa shape index (κ3) is 5.22. The topological polar surface area (TPSA) is 26.7 Å². The van der Waals surface area contributed by atoms with Gasteiger partial charge in [-0.3, -0.25) is 9.80 Å². The Bertz CT molecular complexity index is 548. The molecule has 2 fully saturated rings. The molecular weight excluding hydrogens is 322 g/mol. The van der Waals surface area contributed by atoms with Gasteiger partial charge in [-0.1, -0.05) is 25.3 Å². The number of hydrogen-bond acceptors (Lipinski definition) is 3. The van der Waals surface area contributed by atoms with Gasteiger partial charge in [0, 0.05) is 57.0 Å². The second-order valence-corrected chi connectivity index (χ2v) is 7.64. The number of halogens is 2. The Kier molecular flexibility index (Phi) is 6.79. The van der Waals surface area contributed by atoms with Gasteiger partial charge >= 0.3 is 0 Å². The first-order valence-electron chi connectivity index (χ1n) is 9.67. The molecule has 1 aromatic rings. The van der Waals surface area contributed by atoms with E-state index in [1.165, 1.54) is 38.2 Å². The fourth-order valence-corrected chi connectivity index (χ4v) is 4.36. The van der Waals surface area contributed by atoms with Crippen molar-refractivity contribution in [2.45, 2.75) is 51.1 Å². The predicted molar refractivity (Wildman–Crippen MR) is 95.3 cm³/mol. The van der Waals surface area contributed by atoms with Gasteiger partial charge < -0.3 is 5.11 Å². The van der Waals surface area contributed by atoms with E-state index in [2.05, 4.69) is 9.80 Å². The molecule has 1 aromatic carbocycles. The van der Waals surface area contributed by atoms with Gasteiger partial charge in [0.25, 0.3) is 0 Å². The van der Waals surface area contributed by atoms with Crippen LogP contribution in [0.25, 0.3) is 0 Å². The summed E-state index contributed by atoms with van der Waals surface area (Å²) in [7, 11) is 0. The van der Waals surface area contributed by atoms with E-state index in [0.717, 1.165) is 44.6 Å². The molecule has 1 aliphatic carbocycles. The lowest BCUT2D eigenvalue weighted by molar-refractivity contribution is 0.0396. The van der Waals surface area contributed by atoms with Crippen LogP contribution >= 0.6 is 0 Å². The molecule has 1 N–H and O–H groups in total. The smallest absolute Gasteiger partial charge is 0.130 e. The van der Waals surface area contributed by atoms with E-state index in [1.54, 1.807) is 6.07 Å². The zero-order chi connectivity index (χ0) is 17.6. The maximum absolute atomic E-state index is 13.9. The Hall–Kier alpha value is -1.04. The number of piperazine rings is 1. The van der Waals surface area contributed by atoms with Crippen molar-refractivity contribution < 1.29 is 13.9 Å². The first-order chi connectivity index (χ1) is 12.2. The van der Waals surface area contributed by atoms with Crippen molar-refractivity contribution in [2.75, 3.05) is 32.8 Å². The molecule has 0 aromatic heterocycles. The Morgan fingerprint density at radius 2 is 1.88 bits per heavy atom. The van der Waals surface area contributed by atoms with Crippen LogP contribution in [-0.4, -0.2) is 53.7 Å². The van der Waals surface area contributed by atoms with Crippen molar-refractivity contribution in [1.29, 1.82) is 0 Å². The summed E-state index contributed by atoms with van der Waals surface area (Å²) < 4.78 is 27.0. The molecule has 1 heterocycles. The lowest BCUT2D eigenvalue weighted by Crippen LogP contribution is -2.54. The zero-order valence-corrected chi connectivity index (χ0v) is 15.0. The second-order valence-electron chi connectivity index (χ2n) is 7.64. The van der Waals surface area contributed by atoms with E-state index in [1.807, 2.05) is 0 Å². The van der Waals surface area contributed by atoms with Crippen molar-refractivity contribution in [2.24, 2.45) is 5.92 Å². The van der Waals surface area contributed by atoms with Crippen LogP contribution in [0.1, 0.15) is 44.1 Å². The molecule has 0 bridgehead atoms. The number of aliphatic hydroxyl groups is 1. The average Bonchev–Trinajstić information content (AvgIpc) is 2.61. The van der Waals surface area contributed by atoms with Crippen molar-refractivity contribution in [3.8, 4) is 0 Å². The molecule has 1 saturated carbocycles. The molecular formula is C20H30F2N2O. The summed E-state index contributed by atoms with van der Waals surface area (Å²) in [6.07, 6.45) is 7.47. The molecule has 25 heavy (non-hydrogen) atoms. The molecule has 1 atom stereocenters. The minimum Gasteiger partial charge on any atom is -0.396 e. The van der Waals surface area contributed by atoms with Gasteiger partial charge in [0.1, 0.15) is 11.6 Å². The van der Waals surface area contributed by atoms with E-state index in [4.69, 9.17) is 0 Å². The van der Waals surface area contributed by atoms with Gasteiger partial charge in [-0.25, -0.2) is 8.78 Å². The van der Waals surface area contributed by atoms with Crippen LogP contribution < -0.4 is 0 Å². The third-order valence-electron chi connectivity index (χ3n) is 5.78. The van der Waals surface area contributed by atoms with E-state index in [9.17, 15) is 13.9 Å². The molecule has 5 heteroatoms. The Morgan fingerprint density at radius 1 is 1.08 bits per heavy atom. The molecule has 0 amide bonds. The Balaban J connectivity index is 1.58. The van der Waals surface area contributed by atoms with Gasteiger partial charge in [-0.15, -0.1) is 0 Å². The molecule has 2 aliphatic rings. The van der Waals surface area contributed by atoms with Crippen LogP contribution in [0.4, 0.5) is 8.78 Å². The molecule has 1 aliphatic heterocycles. The van der Waals surface area contributed by atoms with E-state index >= 15 is 0 Å². The predicted octanol–water partition coefficient (Wildman–Crippen LogP) is 3.41.